The molecule has 18 heavy (non-hydrogen) atoms. The van der Waals surface area contributed by atoms with Gasteiger partial charge in [-0.25, -0.2) is 0 Å². The van der Waals surface area contributed by atoms with Gasteiger partial charge in [0.2, 0.25) is 0 Å². The summed E-state index contributed by atoms with van der Waals surface area (Å²) in [6.07, 6.45) is 1.04. The minimum atomic E-state index is -0.286. The molecule has 1 heterocycles. The first kappa shape index (κ1) is 11.5. The van der Waals surface area contributed by atoms with Crippen LogP contribution in [0.4, 0.5) is 0 Å². The van der Waals surface area contributed by atoms with Crippen LogP contribution >= 0.6 is 0 Å². The zero-order chi connectivity index (χ0) is 12.8. The van der Waals surface area contributed by atoms with Gasteiger partial charge in [0, 0.05) is 11.5 Å². The molecule has 3 rings (SSSR count). The van der Waals surface area contributed by atoms with Crippen molar-refractivity contribution in [2.24, 2.45) is 5.73 Å². The monoisotopic (exact) mass is 241 g/mol. The summed E-state index contributed by atoms with van der Waals surface area (Å²) in [6, 6.07) is 12.7. The molecule has 0 spiro atoms. The topological polar surface area (TPSA) is 35.2 Å². The zero-order valence-corrected chi connectivity index (χ0v) is 10.9. The number of hydrogen-bond acceptors (Lipinski definition) is 2. The maximum absolute atomic E-state index is 6.41. The molecule has 0 radical (unpaired) electrons. The molecule has 2 aromatic carbocycles. The summed E-state index contributed by atoms with van der Waals surface area (Å²) in [5.41, 5.74) is 7.41. The minimum absolute atomic E-state index is 0.286. The normalized spacial score (nSPS) is 26.7. The summed E-state index contributed by atoms with van der Waals surface area (Å²) in [4.78, 5) is 0. The lowest BCUT2D eigenvalue weighted by Gasteiger charge is -2.39. The van der Waals surface area contributed by atoms with E-state index in [0.29, 0.717) is 12.5 Å². The second kappa shape index (κ2) is 3.99. The predicted molar refractivity (Wildman–Crippen MR) is 75.1 cm³/mol. The van der Waals surface area contributed by atoms with Crippen molar-refractivity contribution in [3.05, 3.63) is 42.0 Å². The summed E-state index contributed by atoms with van der Waals surface area (Å²) in [5, 5.41) is 2.54. The van der Waals surface area contributed by atoms with Crippen LogP contribution in [0.15, 0.2) is 36.4 Å². The number of benzene rings is 2. The van der Waals surface area contributed by atoms with Gasteiger partial charge in [-0.1, -0.05) is 37.3 Å². The van der Waals surface area contributed by atoms with Gasteiger partial charge in [-0.2, -0.15) is 0 Å². The molecule has 2 heteroatoms. The standard InChI is InChI=1S/C16H19NO/c1-3-13-15-12-7-5-4-6-11(12)8-9-14(15)18-10-16(13,2)17/h4-9,13H,3,10,17H2,1-2H3/t13-,16+/m0/s1. The Kier molecular flexibility index (Phi) is 2.56. The molecule has 1 aliphatic heterocycles. The fourth-order valence-corrected chi connectivity index (χ4v) is 3.09. The highest BCUT2D eigenvalue weighted by atomic mass is 16.5. The average Bonchev–Trinajstić information content (AvgIpc) is 2.37. The van der Waals surface area contributed by atoms with E-state index >= 15 is 0 Å². The van der Waals surface area contributed by atoms with Gasteiger partial charge in [0.05, 0.1) is 5.54 Å². The highest BCUT2D eigenvalue weighted by Gasteiger charge is 2.37. The number of rotatable bonds is 1. The molecule has 0 amide bonds. The lowest BCUT2D eigenvalue weighted by Crippen LogP contribution is -2.50. The van der Waals surface area contributed by atoms with E-state index in [4.69, 9.17) is 10.5 Å². The van der Waals surface area contributed by atoms with Crippen LogP contribution in [0, 0.1) is 0 Å². The highest BCUT2D eigenvalue weighted by molar-refractivity contribution is 5.88. The van der Waals surface area contributed by atoms with Crippen molar-refractivity contribution in [2.45, 2.75) is 31.7 Å². The largest absolute Gasteiger partial charge is 0.491 e. The third-order valence-electron chi connectivity index (χ3n) is 4.02. The van der Waals surface area contributed by atoms with E-state index in [9.17, 15) is 0 Å². The van der Waals surface area contributed by atoms with E-state index in [-0.39, 0.29) is 5.54 Å². The minimum Gasteiger partial charge on any atom is -0.491 e. The number of nitrogens with two attached hydrogens (primary N) is 1. The summed E-state index contributed by atoms with van der Waals surface area (Å²) in [5.74, 6) is 1.36. The van der Waals surface area contributed by atoms with Gasteiger partial charge in [0.1, 0.15) is 12.4 Å². The molecule has 2 aromatic rings. The van der Waals surface area contributed by atoms with E-state index < -0.39 is 0 Å². The van der Waals surface area contributed by atoms with Crippen molar-refractivity contribution in [1.82, 2.24) is 0 Å². The van der Waals surface area contributed by atoms with Crippen LogP contribution in [0.25, 0.3) is 10.8 Å². The van der Waals surface area contributed by atoms with Gasteiger partial charge in [0.25, 0.3) is 0 Å². The number of ether oxygens (including phenoxy) is 1. The van der Waals surface area contributed by atoms with Crippen molar-refractivity contribution in [2.75, 3.05) is 6.61 Å². The van der Waals surface area contributed by atoms with Gasteiger partial charge in [0.15, 0.2) is 0 Å². The Morgan fingerprint density at radius 1 is 1.28 bits per heavy atom. The lowest BCUT2D eigenvalue weighted by atomic mass is 9.76. The highest BCUT2D eigenvalue weighted by Crippen LogP contribution is 2.43. The van der Waals surface area contributed by atoms with Gasteiger partial charge >= 0.3 is 0 Å². The summed E-state index contributed by atoms with van der Waals surface area (Å²) >= 11 is 0. The number of fused-ring (bicyclic) bond motifs is 3. The smallest absolute Gasteiger partial charge is 0.123 e. The van der Waals surface area contributed by atoms with Gasteiger partial charge in [-0.15, -0.1) is 0 Å². The van der Waals surface area contributed by atoms with Gasteiger partial charge in [-0.05, 0) is 30.2 Å². The molecule has 2 N–H and O–H groups in total. The third-order valence-corrected chi connectivity index (χ3v) is 4.02. The summed E-state index contributed by atoms with van der Waals surface area (Å²) in [7, 11) is 0. The van der Waals surface area contributed by atoms with Crippen molar-refractivity contribution >= 4 is 10.8 Å². The molecule has 94 valence electrons. The van der Waals surface area contributed by atoms with Gasteiger partial charge in [-0.3, -0.25) is 0 Å². The molecule has 0 aromatic heterocycles. The Bertz CT molecular complexity index is 589. The maximum atomic E-state index is 6.41. The van der Waals surface area contributed by atoms with Crippen LogP contribution in [0.1, 0.15) is 31.7 Å². The van der Waals surface area contributed by atoms with Crippen LogP contribution in [0.5, 0.6) is 5.75 Å². The average molecular weight is 241 g/mol. The van der Waals surface area contributed by atoms with Crippen molar-refractivity contribution in [3.63, 3.8) is 0 Å². The molecular weight excluding hydrogens is 222 g/mol. The second-order valence-electron chi connectivity index (χ2n) is 5.45. The fraction of sp³-hybridized carbons (Fsp3) is 0.375. The molecular formula is C16H19NO. The van der Waals surface area contributed by atoms with Crippen LogP contribution in [0.2, 0.25) is 0 Å². The second-order valence-corrected chi connectivity index (χ2v) is 5.45. The first-order valence-electron chi connectivity index (χ1n) is 6.57. The van der Waals surface area contributed by atoms with Crippen LogP contribution < -0.4 is 10.5 Å². The van der Waals surface area contributed by atoms with Crippen molar-refractivity contribution in [3.8, 4) is 5.75 Å². The SMILES string of the molecule is CC[C@H]1c2c(ccc3ccccc23)OC[C@@]1(C)N. The van der Waals surface area contributed by atoms with E-state index in [2.05, 4.69) is 50.2 Å². The molecule has 2 nitrogen and oxygen atoms in total. The third kappa shape index (κ3) is 1.60. The first-order chi connectivity index (χ1) is 8.63. The Morgan fingerprint density at radius 3 is 2.83 bits per heavy atom. The Hall–Kier alpha value is -1.54. The maximum Gasteiger partial charge on any atom is 0.123 e. The van der Waals surface area contributed by atoms with E-state index in [0.717, 1.165) is 12.2 Å². The molecule has 0 saturated carbocycles. The number of hydrogen-bond donors (Lipinski definition) is 1. The van der Waals surface area contributed by atoms with Crippen LogP contribution in [0.3, 0.4) is 0 Å². The summed E-state index contributed by atoms with van der Waals surface area (Å²) in [6.45, 7) is 4.88. The molecule has 2 atom stereocenters. The van der Waals surface area contributed by atoms with E-state index in [1.165, 1.54) is 16.3 Å². The Labute approximate surface area is 108 Å². The van der Waals surface area contributed by atoms with E-state index in [1.54, 1.807) is 0 Å². The molecule has 0 saturated heterocycles. The van der Waals surface area contributed by atoms with Crippen molar-refractivity contribution < 1.29 is 4.74 Å². The molecule has 0 bridgehead atoms. The molecule has 1 aliphatic rings. The quantitative estimate of drug-likeness (QED) is 0.830. The molecule has 0 fully saturated rings. The van der Waals surface area contributed by atoms with Crippen LogP contribution in [-0.4, -0.2) is 12.1 Å². The van der Waals surface area contributed by atoms with Crippen LogP contribution in [-0.2, 0) is 0 Å². The summed E-state index contributed by atoms with van der Waals surface area (Å²) < 4.78 is 5.85. The van der Waals surface area contributed by atoms with E-state index in [1.807, 2.05) is 0 Å². The first-order valence-corrected chi connectivity index (χ1v) is 6.57. The van der Waals surface area contributed by atoms with Crippen molar-refractivity contribution in [1.29, 1.82) is 0 Å². The fourth-order valence-electron chi connectivity index (χ4n) is 3.09. The molecule has 0 aliphatic carbocycles. The Balaban J connectivity index is 2.30. The zero-order valence-electron chi connectivity index (χ0n) is 10.9. The predicted octanol–water partition coefficient (Wildman–Crippen LogP) is 3.44. The molecule has 0 unspecified atom stereocenters. The van der Waals surface area contributed by atoms with Gasteiger partial charge < -0.3 is 10.5 Å². The Morgan fingerprint density at radius 2 is 2.06 bits per heavy atom. The lowest BCUT2D eigenvalue weighted by molar-refractivity contribution is 0.172.